The zero-order valence-corrected chi connectivity index (χ0v) is 13.7. The van der Waals surface area contributed by atoms with Gasteiger partial charge in [-0.3, -0.25) is 0 Å². The number of ether oxygens (including phenoxy) is 2. The molecule has 4 fully saturated rings. The van der Waals surface area contributed by atoms with Crippen LogP contribution in [-0.4, -0.2) is 37.0 Å². The zero-order valence-electron chi connectivity index (χ0n) is 13.7. The molecule has 0 aromatic heterocycles. The van der Waals surface area contributed by atoms with E-state index in [1.165, 1.54) is 51.4 Å². The molecule has 4 rings (SSSR count). The van der Waals surface area contributed by atoms with E-state index in [9.17, 15) is 0 Å². The Kier molecular flexibility index (Phi) is 3.59. The van der Waals surface area contributed by atoms with Gasteiger partial charge >= 0.3 is 0 Å². The van der Waals surface area contributed by atoms with E-state index in [-0.39, 0.29) is 5.60 Å². The van der Waals surface area contributed by atoms with Crippen molar-refractivity contribution in [2.45, 2.75) is 89.1 Å². The minimum absolute atomic E-state index is 0.0876. The van der Waals surface area contributed by atoms with Crippen molar-refractivity contribution < 1.29 is 9.47 Å². The van der Waals surface area contributed by atoms with Gasteiger partial charge in [-0.15, -0.1) is 0 Å². The zero-order chi connectivity index (χ0) is 14.5. The van der Waals surface area contributed by atoms with Crippen LogP contribution in [0, 0.1) is 11.3 Å². The highest BCUT2D eigenvalue weighted by atomic mass is 16.5. The molecule has 0 spiro atoms. The third kappa shape index (κ3) is 3.16. The van der Waals surface area contributed by atoms with Crippen molar-refractivity contribution in [3.05, 3.63) is 0 Å². The summed E-state index contributed by atoms with van der Waals surface area (Å²) in [6, 6.07) is 0.795. The normalized spacial score (nSPS) is 42.6. The average molecular weight is 293 g/mol. The lowest BCUT2D eigenvalue weighted by molar-refractivity contribution is -0.0526. The molecule has 2 saturated heterocycles. The highest BCUT2D eigenvalue weighted by molar-refractivity contribution is 5.03. The van der Waals surface area contributed by atoms with Crippen LogP contribution in [-0.2, 0) is 9.47 Å². The Morgan fingerprint density at radius 2 is 1.86 bits per heavy atom. The molecule has 2 heterocycles. The Bertz CT molecular complexity index is 389. The predicted molar refractivity (Wildman–Crippen MR) is 83.3 cm³/mol. The van der Waals surface area contributed by atoms with Gasteiger partial charge in [-0.2, -0.15) is 0 Å². The lowest BCUT2D eigenvalue weighted by atomic mass is 9.74. The summed E-state index contributed by atoms with van der Waals surface area (Å²) in [5, 5.41) is 3.81. The van der Waals surface area contributed by atoms with Gasteiger partial charge in [0.25, 0.3) is 0 Å². The van der Waals surface area contributed by atoms with E-state index in [0.717, 1.165) is 25.1 Å². The second-order valence-corrected chi connectivity index (χ2v) is 8.64. The maximum atomic E-state index is 6.32. The molecular weight excluding hydrogens is 262 g/mol. The Labute approximate surface area is 129 Å². The van der Waals surface area contributed by atoms with Gasteiger partial charge in [-0.25, -0.2) is 0 Å². The van der Waals surface area contributed by atoms with Gasteiger partial charge in [0.2, 0.25) is 0 Å². The molecule has 0 amide bonds. The van der Waals surface area contributed by atoms with Crippen molar-refractivity contribution in [3.63, 3.8) is 0 Å². The van der Waals surface area contributed by atoms with Gasteiger partial charge in [0.1, 0.15) is 0 Å². The number of nitrogens with one attached hydrogen (secondary N) is 1. The molecule has 3 atom stereocenters. The standard InChI is InChI=1S/C18H31NO2/c1-17(2)8-7-15(21-17)11-18(12-19-14-5-6-14)9-10-20-16(18)13-3-4-13/h13-16,19H,3-12H2,1-2H3. The Morgan fingerprint density at radius 3 is 2.48 bits per heavy atom. The molecule has 4 aliphatic rings. The first-order valence-electron chi connectivity index (χ1n) is 9.09. The summed E-state index contributed by atoms with van der Waals surface area (Å²) in [5.41, 5.74) is 0.430. The third-order valence-corrected chi connectivity index (χ3v) is 6.06. The van der Waals surface area contributed by atoms with Crippen LogP contribution in [0.3, 0.4) is 0 Å². The molecule has 21 heavy (non-hydrogen) atoms. The van der Waals surface area contributed by atoms with Crippen LogP contribution < -0.4 is 5.32 Å². The predicted octanol–water partition coefficient (Wildman–Crippen LogP) is 3.27. The van der Waals surface area contributed by atoms with E-state index >= 15 is 0 Å². The van der Waals surface area contributed by atoms with Gasteiger partial charge in [0.15, 0.2) is 0 Å². The summed E-state index contributed by atoms with van der Waals surface area (Å²) in [5.74, 6) is 0.836. The van der Waals surface area contributed by atoms with E-state index in [0.29, 0.717) is 17.6 Å². The fourth-order valence-corrected chi connectivity index (χ4v) is 4.53. The van der Waals surface area contributed by atoms with Gasteiger partial charge in [-0.1, -0.05) is 0 Å². The van der Waals surface area contributed by atoms with Gasteiger partial charge < -0.3 is 14.8 Å². The molecule has 0 radical (unpaired) electrons. The van der Waals surface area contributed by atoms with Crippen LogP contribution in [0.4, 0.5) is 0 Å². The molecule has 3 nitrogen and oxygen atoms in total. The fourth-order valence-electron chi connectivity index (χ4n) is 4.53. The summed E-state index contributed by atoms with van der Waals surface area (Å²) in [4.78, 5) is 0. The number of hydrogen-bond acceptors (Lipinski definition) is 3. The van der Waals surface area contributed by atoms with E-state index in [1.54, 1.807) is 0 Å². The molecule has 2 saturated carbocycles. The monoisotopic (exact) mass is 293 g/mol. The number of hydrogen-bond donors (Lipinski definition) is 1. The number of rotatable bonds is 6. The van der Waals surface area contributed by atoms with E-state index in [4.69, 9.17) is 9.47 Å². The van der Waals surface area contributed by atoms with Crippen molar-refractivity contribution in [2.24, 2.45) is 11.3 Å². The van der Waals surface area contributed by atoms with Gasteiger partial charge in [-0.05, 0) is 71.1 Å². The van der Waals surface area contributed by atoms with Crippen LogP contribution in [0.25, 0.3) is 0 Å². The molecule has 1 N–H and O–H groups in total. The molecule has 0 bridgehead atoms. The van der Waals surface area contributed by atoms with Crippen LogP contribution in [0.1, 0.15) is 65.2 Å². The van der Waals surface area contributed by atoms with Crippen LogP contribution in [0.5, 0.6) is 0 Å². The summed E-state index contributed by atoms with van der Waals surface area (Å²) in [7, 11) is 0. The molecule has 3 unspecified atom stereocenters. The van der Waals surface area contributed by atoms with Crippen molar-refractivity contribution in [2.75, 3.05) is 13.2 Å². The Hall–Kier alpha value is -0.120. The lowest BCUT2D eigenvalue weighted by Gasteiger charge is -2.37. The second kappa shape index (κ2) is 5.21. The van der Waals surface area contributed by atoms with E-state index in [2.05, 4.69) is 19.2 Å². The van der Waals surface area contributed by atoms with Crippen LogP contribution >= 0.6 is 0 Å². The molecule has 3 heteroatoms. The maximum Gasteiger partial charge on any atom is 0.0673 e. The molecule has 0 aromatic carbocycles. The summed E-state index contributed by atoms with van der Waals surface area (Å²) in [6.07, 6.45) is 11.3. The van der Waals surface area contributed by atoms with Crippen molar-refractivity contribution in [3.8, 4) is 0 Å². The first kappa shape index (κ1) is 14.5. The summed E-state index contributed by atoms with van der Waals surface area (Å²) in [6.45, 7) is 6.60. The van der Waals surface area contributed by atoms with Crippen LogP contribution in [0.2, 0.25) is 0 Å². The highest BCUT2D eigenvalue weighted by Crippen LogP contribution is 2.51. The first-order valence-corrected chi connectivity index (χ1v) is 9.09. The second-order valence-electron chi connectivity index (χ2n) is 8.64. The quantitative estimate of drug-likeness (QED) is 0.815. The molecule has 120 valence electrons. The van der Waals surface area contributed by atoms with E-state index in [1.807, 2.05) is 0 Å². The first-order chi connectivity index (χ1) is 10.1. The van der Waals surface area contributed by atoms with Crippen molar-refractivity contribution in [1.29, 1.82) is 0 Å². The highest BCUT2D eigenvalue weighted by Gasteiger charge is 2.52. The van der Waals surface area contributed by atoms with Crippen LogP contribution in [0.15, 0.2) is 0 Å². The van der Waals surface area contributed by atoms with Gasteiger partial charge in [0, 0.05) is 24.6 Å². The smallest absolute Gasteiger partial charge is 0.0673 e. The van der Waals surface area contributed by atoms with E-state index < -0.39 is 0 Å². The Morgan fingerprint density at radius 1 is 1.05 bits per heavy atom. The molecule has 2 aliphatic carbocycles. The molecule has 0 aromatic rings. The largest absolute Gasteiger partial charge is 0.377 e. The molecular formula is C18H31NO2. The molecule has 2 aliphatic heterocycles. The minimum atomic E-state index is 0.0876. The van der Waals surface area contributed by atoms with Gasteiger partial charge in [0.05, 0.1) is 17.8 Å². The SMILES string of the molecule is CC1(C)CCC(CC2(CNC3CC3)CCOC2C2CC2)O1. The summed E-state index contributed by atoms with van der Waals surface area (Å²) < 4.78 is 12.5. The third-order valence-electron chi connectivity index (χ3n) is 6.06. The minimum Gasteiger partial charge on any atom is -0.377 e. The summed E-state index contributed by atoms with van der Waals surface area (Å²) >= 11 is 0. The fraction of sp³-hybridized carbons (Fsp3) is 1.00. The van der Waals surface area contributed by atoms with Crippen molar-refractivity contribution >= 4 is 0 Å². The average Bonchev–Trinajstić information content (AvgIpc) is 3.35. The Balaban J connectivity index is 1.46. The topological polar surface area (TPSA) is 30.5 Å². The maximum absolute atomic E-state index is 6.32. The van der Waals surface area contributed by atoms with Crippen molar-refractivity contribution in [1.82, 2.24) is 5.32 Å². The lowest BCUT2D eigenvalue weighted by Crippen LogP contribution is -2.45.